The van der Waals surface area contributed by atoms with Crippen molar-refractivity contribution in [3.63, 3.8) is 0 Å². The summed E-state index contributed by atoms with van der Waals surface area (Å²) < 4.78 is 0. The third kappa shape index (κ3) is 26.1. The molecule has 0 spiro atoms. The summed E-state index contributed by atoms with van der Waals surface area (Å²) >= 11 is 0. The van der Waals surface area contributed by atoms with Crippen LogP contribution in [-0.2, 0) is 19.8 Å². The van der Waals surface area contributed by atoms with Crippen LogP contribution < -0.4 is 0 Å². The Balaban J connectivity index is -0.0000000104. The van der Waals surface area contributed by atoms with Gasteiger partial charge in [0, 0.05) is 12.4 Å². The van der Waals surface area contributed by atoms with Crippen LogP contribution in [0.4, 0.5) is 0 Å². The zero-order valence-corrected chi connectivity index (χ0v) is 8.46. The second-order valence-electron chi connectivity index (χ2n) is 0.766. The molecule has 0 aliphatic heterocycles. The van der Waals surface area contributed by atoms with Crippen molar-refractivity contribution < 1.29 is 19.8 Å². The zero-order valence-electron chi connectivity index (χ0n) is 5.92. The Morgan fingerprint density at radius 2 is 1.36 bits per heavy atom. The van der Waals surface area contributed by atoms with Crippen molar-refractivity contribution in [1.82, 2.24) is 10.2 Å². The molecule has 0 amide bonds. The molecule has 0 aliphatic rings. The molecule has 1 rings (SSSR count). The van der Waals surface area contributed by atoms with Gasteiger partial charge < -0.3 is 30.8 Å². The largest absolute Gasteiger partial charge is 5.00 e. The minimum Gasteiger partial charge on any atom is -0.693 e. The van der Waals surface area contributed by atoms with Gasteiger partial charge in [0.1, 0.15) is 0 Å². The van der Waals surface area contributed by atoms with Crippen LogP contribution in [0.2, 0.25) is 0 Å². The molecule has 7 nitrogen and oxygen atoms in total. The molecule has 1 heterocycles. The Labute approximate surface area is 79.7 Å². The molecular formula is C3H14N7Os. The third-order valence-corrected chi connectivity index (χ3v) is 0.406. The quantitative estimate of drug-likeness (QED) is 0.733. The van der Waals surface area contributed by atoms with Crippen LogP contribution in [0.3, 0.4) is 0 Å². The maximum absolute atomic E-state index is 3.60. The van der Waals surface area contributed by atoms with Crippen molar-refractivity contribution >= 4 is 0 Å². The molecule has 1 radical (unpaired) electrons. The summed E-state index contributed by atoms with van der Waals surface area (Å²) in [6, 6.07) is 1.83. The maximum Gasteiger partial charge on any atom is 5.00 e. The Morgan fingerprint density at radius 1 is 0.909 bits per heavy atom. The van der Waals surface area contributed by atoms with Crippen LogP contribution in [0.25, 0.3) is 30.8 Å². The molecule has 0 atom stereocenters. The van der Waals surface area contributed by atoms with E-state index in [4.69, 9.17) is 0 Å². The third-order valence-electron chi connectivity index (χ3n) is 0.406. The summed E-state index contributed by atoms with van der Waals surface area (Å²) in [6.07, 6.45) is 3.46. The van der Waals surface area contributed by atoms with Gasteiger partial charge in [-0.1, -0.05) is 0 Å². The van der Waals surface area contributed by atoms with Crippen LogP contribution in [0, 0.1) is 0 Å². The molecule has 1 aromatic rings. The SMILES string of the molecule is [NH2-].[NH2-].[NH2-].[NH2-].[NH2-].[Os+5].c1cn[nH]c1. The van der Waals surface area contributed by atoms with E-state index in [9.17, 15) is 0 Å². The van der Waals surface area contributed by atoms with Gasteiger partial charge >= 0.3 is 19.8 Å². The van der Waals surface area contributed by atoms with E-state index in [0.29, 0.717) is 0 Å². The molecule has 69 valence electrons. The van der Waals surface area contributed by atoms with Gasteiger partial charge in [0.15, 0.2) is 0 Å². The number of hydrogen-bond acceptors (Lipinski definition) is 1. The maximum atomic E-state index is 3.60. The average molecular weight is 338 g/mol. The van der Waals surface area contributed by atoms with Gasteiger partial charge in [-0.2, -0.15) is 5.10 Å². The van der Waals surface area contributed by atoms with E-state index >= 15 is 0 Å². The molecule has 11 heavy (non-hydrogen) atoms. The van der Waals surface area contributed by atoms with Crippen LogP contribution in [0.5, 0.6) is 0 Å². The van der Waals surface area contributed by atoms with E-state index in [1.54, 1.807) is 12.4 Å². The molecule has 0 fully saturated rings. The first-order chi connectivity index (χ1) is 2.50. The van der Waals surface area contributed by atoms with Crippen molar-refractivity contribution in [2.45, 2.75) is 0 Å². The second-order valence-corrected chi connectivity index (χ2v) is 0.766. The number of H-pyrrole nitrogens is 1. The van der Waals surface area contributed by atoms with Crippen molar-refractivity contribution in [1.29, 1.82) is 0 Å². The van der Waals surface area contributed by atoms with Crippen LogP contribution in [0.15, 0.2) is 18.5 Å². The van der Waals surface area contributed by atoms with Crippen LogP contribution in [-0.4, -0.2) is 10.2 Å². The van der Waals surface area contributed by atoms with Crippen molar-refractivity contribution in [2.75, 3.05) is 0 Å². The van der Waals surface area contributed by atoms with Crippen LogP contribution in [0.1, 0.15) is 0 Å². The summed E-state index contributed by atoms with van der Waals surface area (Å²) in [5.41, 5.74) is 0. The van der Waals surface area contributed by atoms with Crippen molar-refractivity contribution in [3.05, 3.63) is 49.2 Å². The van der Waals surface area contributed by atoms with E-state index in [1.807, 2.05) is 6.07 Å². The summed E-state index contributed by atoms with van der Waals surface area (Å²) in [5, 5.41) is 6.21. The zero-order chi connectivity index (χ0) is 3.54. The summed E-state index contributed by atoms with van der Waals surface area (Å²) in [4.78, 5) is 0. The first-order valence-corrected chi connectivity index (χ1v) is 1.44. The minimum atomic E-state index is 0. The monoisotopic (exact) mass is 340 g/mol. The number of hydrogen-bond donors (Lipinski definition) is 1. The predicted molar refractivity (Wildman–Crippen MR) is 45.0 cm³/mol. The molecule has 0 saturated carbocycles. The number of rotatable bonds is 0. The van der Waals surface area contributed by atoms with Crippen LogP contribution >= 0.6 is 0 Å². The summed E-state index contributed by atoms with van der Waals surface area (Å²) in [6.45, 7) is 0. The summed E-state index contributed by atoms with van der Waals surface area (Å²) in [7, 11) is 0. The topological polar surface area (TPSA) is 196 Å². The molecule has 0 saturated heterocycles. The first kappa shape index (κ1) is 45.9. The van der Waals surface area contributed by atoms with E-state index in [-0.39, 0.29) is 50.5 Å². The molecule has 8 heteroatoms. The standard InChI is InChI=1S/C3H4N2.5H2N.Os/c1-2-4-5-3-1;;;;;;/h1-3H,(H,4,5);5*1H2;/q;5*-1;+5. The minimum absolute atomic E-state index is 0. The van der Waals surface area contributed by atoms with Crippen molar-refractivity contribution in [3.8, 4) is 0 Å². The van der Waals surface area contributed by atoms with E-state index in [1.165, 1.54) is 0 Å². The van der Waals surface area contributed by atoms with Gasteiger partial charge in [-0.05, 0) is 6.07 Å². The van der Waals surface area contributed by atoms with Gasteiger partial charge in [0.2, 0.25) is 0 Å². The molecular weight excluding hydrogens is 324 g/mol. The molecule has 1 aromatic heterocycles. The Morgan fingerprint density at radius 3 is 1.45 bits per heavy atom. The number of aromatic amines is 1. The summed E-state index contributed by atoms with van der Waals surface area (Å²) in [5.74, 6) is 0. The number of nitrogens with zero attached hydrogens (tertiary/aromatic N) is 1. The predicted octanol–water partition coefficient (Wildman–Crippen LogP) is 3.99. The fourth-order valence-corrected chi connectivity index (χ4v) is 0.215. The fraction of sp³-hybridized carbons (Fsp3) is 0. The van der Waals surface area contributed by atoms with Gasteiger partial charge in [0.05, 0.1) is 0 Å². The number of nitrogens with two attached hydrogens (primary N) is 5. The Kier molecular flexibility index (Phi) is 139. The molecule has 0 unspecified atom stereocenters. The van der Waals surface area contributed by atoms with Gasteiger partial charge in [0.25, 0.3) is 0 Å². The normalized spacial score (nSPS) is 3.64. The van der Waals surface area contributed by atoms with Crippen molar-refractivity contribution in [2.24, 2.45) is 0 Å². The Hall–Kier alpha value is -0.354. The van der Waals surface area contributed by atoms with E-state index in [2.05, 4.69) is 10.2 Å². The molecule has 11 N–H and O–H groups in total. The molecule has 0 bridgehead atoms. The number of aromatic nitrogens is 2. The smallest absolute Gasteiger partial charge is 0.693 e. The second kappa shape index (κ2) is 33.4. The number of nitrogens with one attached hydrogen (secondary N) is 1. The fourth-order valence-electron chi connectivity index (χ4n) is 0.215. The first-order valence-electron chi connectivity index (χ1n) is 1.44. The van der Waals surface area contributed by atoms with E-state index < -0.39 is 0 Å². The molecule has 0 aliphatic carbocycles. The Bertz CT molecular complexity index is 70.2. The average Bonchev–Trinajstić information content (AvgIpc) is 1.76. The van der Waals surface area contributed by atoms with Gasteiger partial charge in [-0.3, -0.25) is 5.10 Å². The van der Waals surface area contributed by atoms with Gasteiger partial charge in [-0.25, -0.2) is 0 Å². The molecule has 0 aromatic carbocycles. The van der Waals surface area contributed by atoms with E-state index in [0.717, 1.165) is 0 Å². The van der Waals surface area contributed by atoms with Gasteiger partial charge in [-0.15, -0.1) is 0 Å².